The zero-order valence-corrected chi connectivity index (χ0v) is 11.3. The summed E-state index contributed by atoms with van der Waals surface area (Å²) >= 11 is 0. The van der Waals surface area contributed by atoms with Crippen LogP contribution in [0, 0.1) is 0 Å². The molecule has 0 saturated carbocycles. The summed E-state index contributed by atoms with van der Waals surface area (Å²) in [7, 11) is 0. The van der Waals surface area contributed by atoms with Crippen LogP contribution in [-0.4, -0.2) is 36.5 Å². The summed E-state index contributed by atoms with van der Waals surface area (Å²) in [5.74, 6) is 1.08. The molecule has 0 radical (unpaired) electrons. The maximum atomic E-state index is 12.0. The van der Waals surface area contributed by atoms with Crippen molar-refractivity contribution in [2.45, 2.75) is 31.7 Å². The molecule has 1 aliphatic heterocycles. The van der Waals surface area contributed by atoms with Crippen molar-refractivity contribution in [3.8, 4) is 5.75 Å². The summed E-state index contributed by atoms with van der Waals surface area (Å²) in [5.41, 5.74) is 5.45. The molecular weight excluding hydrogens is 240 g/mol. The van der Waals surface area contributed by atoms with E-state index in [1.54, 1.807) is 0 Å². The second kappa shape index (κ2) is 7.14. The van der Waals surface area contributed by atoms with Gasteiger partial charge in [0.15, 0.2) is 0 Å². The number of amides is 1. The summed E-state index contributed by atoms with van der Waals surface area (Å²) in [6.07, 6.45) is 3.41. The highest BCUT2D eigenvalue weighted by atomic mass is 16.5. The van der Waals surface area contributed by atoms with Crippen LogP contribution in [0.4, 0.5) is 0 Å². The molecule has 104 valence electrons. The molecule has 1 atom stereocenters. The zero-order valence-electron chi connectivity index (χ0n) is 11.3. The van der Waals surface area contributed by atoms with Crippen molar-refractivity contribution in [1.82, 2.24) is 4.90 Å². The molecule has 1 heterocycles. The number of carbonyl (C=O) groups is 1. The Balaban J connectivity index is 1.83. The third-order valence-electron chi connectivity index (χ3n) is 3.48. The Hall–Kier alpha value is -1.55. The Bertz CT molecular complexity index is 394. The predicted octanol–water partition coefficient (Wildman–Crippen LogP) is 1.80. The van der Waals surface area contributed by atoms with E-state index in [1.807, 2.05) is 35.2 Å². The molecule has 4 heteroatoms. The molecule has 0 aromatic heterocycles. The van der Waals surface area contributed by atoms with Crippen LogP contribution in [-0.2, 0) is 4.79 Å². The van der Waals surface area contributed by atoms with Gasteiger partial charge in [-0.25, -0.2) is 0 Å². The van der Waals surface area contributed by atoms with Crippen molar-refractivity contribution < 1.29 is 9.53 Å². The van der Waals surface area contributed by atoms with Gasteiger partial charge in [-0.15, -0.1) is 0 Å². The molecule has 2 rings (SSSR count). The average molecular weight is 262 g/mol. The number of hydrogen-bond donors (Lipinski definition) is 1. The van der Waals surface area contributed by atoms with Gasteiger partial charge in [-0.3, -0.25) is 4.79 Å². The van der Waals surface area contributed by atoms with E-state index in [0.29, 0.717) is 19.6 Å². The summed E-state index contributed by atoms with van der Waals surface area (Å²) in [6.45, 7) is 2.01. The zero-order chi connectivity index (χ0) is 13.5. The number of nitrogens with two attached hydrogens (primary N) is 1. The lowest BCUT2D eigenvalue weighted by atomic mass is 10.2. The monoisotopic (exact) mass is 262 g/mol. The topological polar surface area (TPSA) is 55.6 Å². The van der Waals surface area contributed by atoms with Gasteiger partial charge in [0, 0.05) is 13.0 Å². The first-order valence-electron chi connectivity index (χ1n) is 6.98. The lowest BCUT2D eigenvalue weighted by Gasteiger charge is -2.24. The molecule has 1 aliphatic rings. The Morgan fingerprint density at radius 1 is 1.37 bits per heavy atom. The Morgan fingerprint density at radius 2 is 2.16 bits per heavy atom. The van der Waals surface area contributed by atoms with E-state index in [4.69, 9.17) is 10.5 Å². The van der Waals surface area contributed by atoms with E-state index in [0.717, 1.165) is 31.6 Å². The maximum absolute atomic E-state index is 12.0. The predicted molar refractivity (Wildman–Crippen MR) is 75.0 cm³/mol. The molecule has 1 fully saturated rings. The number of likely N-dealkylation sites (tertiary alicyclic amines) is 1. The Morgan fingerprint density at radius 3 is 2.89 bits per heavy atom. The van der Waals surface area contributed by atoms with Crippen LogP contribution in [0.25, 0.3) is 0 Å². The number of rotatable bonds is 6. The SMILES string of the molecule is NCCCC(=O)N1CCCC1COc1ccccc1. The molecule has 4 nitrogen and oxygen atoms in total. The van der Waals surface area contributed by atoms with E-state index in [2.05, 4.69) is 0 Å². The van der Waals surface area contributed by atoms with E-state index < -0.39 is 0 Å². The molecule has 0 spiro atoms. The smallest absolute Gasteiger partial charge is 0.222 e. The highest BCUT2D eigenvalue weighted by molar-refractivity contribution is 5.76. The molecule has 1 aromatic rings. The third-order valence-corrected chi connectivity index (χ3v) is 3.48. The van der Waals surface area contributed by atoms with Gasteiger partial charge >= 0.3 is 0 Å². The van der Waals surface area contributed by atoms with Gasteiger partial charge in [-0.1, -0.05) is 18.2 Å². The van der Waals surface area contributed by atoms with Gasteiger partial charge < -0.3 is 15.4 Å². The van der Waals surface area contributed by atoms with E-state index in [-0.39, 0.29) is 11.9 Å². The van der Waals surface area contributed by atoms with E-state index in [1.165, 1.54) is 0 Å². The second-order valence-electron chi connectivity index (χ2n) is 4.90. The Labute approximate surface area is 114 Å². The molecule has 2 N–H and O–H groups in total. The van der Waals surface area contributed by atoms with Crippen molar-refractivity contribution >= 4 is 5.91 Å². The molecular formula is C15H22N2O2. The molecule has 0 bridgehead atoms. The molecule has 1 unspecified atom stereocenters. The first-order valence-corrected chi connectivity index (χ1v) is 6.98. The normalized spacial score (nSPS) is 18.6. The maximum Gasteiger partial charge on any atom is 0.222 e. The lowest BCUT2D eigenvalue weighted by molar-refractivity contribution is -0.132. The van der Waals surface area contributed by atoms with Gasteiger partial charge in [0.05, 0.1) is 6.04 Å². The number of benzene rings is 1. The fraction of sp³-hybridized carbons (Fsp3) is 0.533. The molecule has 19 heavy (non-hydrogen) atoms. The van der Waals surface area contributed by atoms with Crippen LogP contribution in [0.2, 0.25) is 0 Å². The standard InChI is InChI=1S/C15H22N2O2/c16-10-4-9-15(18)17-11-5-6-13(17)12-19-14-7-2-1-3-8-14/h1-3,7-8,13H,4-6,9-12,16H2. The van der Waals surface area contributed by atoms with Crippen LogP contribution in [0.5, 0.6) is 5.75 Å². The summed E-state index contributed by atoms with van der Waals surface area (Å²) in [4.78, 5) is 14.0. The summed E-state index contributed by atoms with van der Waals surface area (Å²) in [6, 6.07) is 9.96. The van der Waals surface area contributed by atoms with Gasteiger partial charge in [0.2, 0.25) is 5.91 Å². The van der Waals surface area contributed by atoms with Crippen molar-refractivity contribution in [3.63, 3.8) is 0 Å². The minimum Gasteiger partial charge on any atom is -0.491 e. The fourth-order valence-corrected chi connectivity index (χ4v) is 2.44. The number of nitrogens with zero attached hydrogens (tertiary/aromatic N) is 1. The van der Waals surface area contributed by atoms with Crippen molar-refractivity contribution in [2.75, 3.05) is 19.7 Å². The average Bonchev–Trinajstić information content (AvgIpc) is 2.92. The molecule has 0 aliphatic carbocycles. The lowest BCUT2D eigenvalue weighted by Crippen LogP contribution is -2.39. The van der Waals surface area contributed by atoms with Crippen LogP contribution in [0.3, 0.4) is 0 Å². The van der Waals surface area contributed by atoms with Crippen LogP contribution in [0.1, 0.15) is 25.7 Å². The molecule has 1 saturated heterocycles. The van der Waals surface area contributed by atoms with Crippen molar-refractivity contribution in [3.05, 3.63) is 30.3 Å². The highest BCUT2D eigenvalue weighted by Crippen LogP contribution is 2.20. The van der Waals surface area contributed by atoms with Crippen LogP contribution in [0.15, 0.2) is 30.3 Å². The Kier molecular flexibility index (Phi) is 5.21. The van der Waals surface area contributed by atoms with E-state index in [9.17, 15) is 4.79 Å². The van der Waals surface area contributed by atoms with Crippen LogP contribution >= 0.6 is 0 Å². The summed E-state index contributed by atoms with van der Waals surface area (Å²) < 4.78 is 5.76. The van der Waals surface area contributed by atoms with Crippen molar-refractivity contribution in [2.24, 2.45) is 5.73 Å². The fourth-order valence-electron chi connectivity index (χ4n) is 2.44. The highest BCUT2D eigenvalue weighted by Gasteiger charge is 2.28. The minimum absolute atomic E-state index is 0.213. The minimum atomic E-state index is 0.213. The first kappa shape index (κ1) is 13.9. The number of para-hydroxylation sites is 1. The number of ether oxygens (including phenoxy) is 1. The van der Waals surface area contributed by atoms with Crippen molar-refractivity contribution in [1.29, 1.82) is 0 Å². The second-order valence-corrected chi connectivity index (χ2v) is 4.90. The molecule has 1 amide bonds. The van der Waals surface area contributed by atoms with E-state index >= 15 is 0 Å². The largest absolute Gasteiger partial charge is 0.491 e. The number of carbonyl (C=O) groups excluding carboxylic acids is 1. The third kappa shape index (κ3) is 3.96. The van der Waals surface area contributed by atoms with Gasteiger partial charge in [0.25, 0.3) is 0 Å². The van der Waals surface area contributed by atoms with Gasteiger partial charge in [-0.05, 0) is 37.9 Å². The summed E-state index contributed by atoms with van der Waals surface area (Å²) in [5, 5.41) is 0. The quantitative estimate of drug-likeness (QED) is 0.850. The van der Waals surface area contributed by atoms with Gasteiger partial charge in [-0.2, -0.15) is 0 Å². The molecule has 1 aromatic carbocycles. The van der Waals surface area contributed by atoms with Gasteiger partial charge in [0.1, 0.15) is 12.4 Å². The van der Waals surface area contributed by atoms with Crippen LogP contribution < -0.4 is 10.5 Å². The first-order chi connectivity index (χ1) is 9.31. The number of hydrogen-bond acceptors (Lipinski definition) is 3.